The molecule has 1 aliphatic rings. The minimum atomic E-state index is -1.07. The Hall–Kier alpha value is -2.38. The van der Waals surface area contributed by atoms with Gasteiger partial charge in [-0.1, -0.05) is 0 Å². The minimum absolute atomic E-state index is 0.301. The number of hydrogen-bond donors (Lipinski definition) is 2. The van der Waals surface area contributed by atoms with Gasteiger partial charge in [-0.15, -0.1) is 0 Å². The molecule has 1 aromatic rings. The van der Waals surface area contributed by atoms with E-state index < -0.39 is 17.9 Å². The second-order valence-corrected chi connectivity index (χ2v) is 4.77. The highest BCUT2D eigenvalue weighted by atomic mass is 16.4. The molecule has 1 aliphatic heterocycles. The van der Waals surface area contributed by atoms with Crippen LogP contribution in [0.2, 0.25) is 0 Å². The molecule has 8 heteroatoms. The largest absolute Gasteiger partial charge is 0.480 e. The Balaban J connectivity index is 2.33. The topological polar surface area (TPSA) is 100 Å². The number of aliphatic carboxylic acids is 1. The van der Waals surface area contributed by atoms with E-state index in [9.17, 15) is 9.59 Å². The standard InChI is InChI=1S/C12H17N5O3/c1-6(11(19)20)15-10(18)9-7(2)16(4)12-13-5-14-17(12)8(9)3/h5-6,8H,1-4H3,(H,15,18)(H,19,20). The van der Waals surface area contributed by atoms with Gasteiger partial charge in [0.2, 0.25) is 5.95 Å². The zero-order valence-electron chi connectivity index (χ0n) is 11.8. The summed E-state index contributed by atoms with van der Waals surface area (Å²) >= 11 is 0. The lowest BCUT2D eigenvalue weighted by Gasteiger charge is -2.31. The fraction of sp³-hybridized carbons (Fsp3) is 0.500. The van der Waals surface area contributed by atoms with E-state index in [1.54, 1.807) is 23.6 Å². The zero-order chi connectivity index (χ0) is 15.0. The van der Waals surface area contributed by atoms with Crippen molar-refractivity contribution in [2.24, 2.45) is 0 Å². The van der Waals surface area contributed by atoms with Gasteiger partial charge in [-0.3, -0.25) is 9.59 Å². The van der Waals surface area contributed by atoms with Crippen LogP contribution in [0.25, 0.3) is 0 Å². The fourth-order valence-corrected chi connectivity index (χ4v) is 2.20. The summed E-state index contributed by atoms with van der Waals surface area (Å²) in [5.41, 5.74) is 1.21. The molecule has 0 bridgehead atoms. The summed E-state index contributed by atoms with van der Waals surface area (Å²) < 4.78 is 1.63. The molecule has 2 N–H and O–H groups in total. The van der Waals surface area contributed by atoms with E-state index in [0.29, 0.717) is 11.5 Å². The summed E-state index contributed by atoms with van der Waals surface area (Å²) in [6, 6.07) is -1.25. The predicted octanol–water partition coefficient (Wildman–Crippen LogP) is 0.152. The number of rotatable bonds is 3. The van der Waals surface area contributed by atoms with E-state index in [0.717, 1.165) is 5.70 Å². The van der Waals surface area contributed by atoms with Gasteiger partial charge in [-0.2, -0.15) is 10.1 Å². The average molecular weight is 279 g/mol. The molecule has 0 saturated heterocycles. The highest BCUT2D eigenvalue weighted by molar-refractivity contribution is 5.98. The van der Waals surface area contributed by atoms with Crippen molar-refractivity contribution in [2.75, 3.05) is 11.9 Å². The van der Waals surface area contributed by atoms with Crippen LogP contribution in [0, 0.1) is 0 Å². The molecule has 0 fully saturated rings. The number of carboxylic acid groups (broad SMARTS) is 1. The average Bonchev–Trinajstić information content (AvgIpc) is 2.85. The predicted molar refractivity (Wildman–Crippen MR) is 71.1 cm³/mol. The summed E-state index contributed by atoms with van der Waals surface area (Å²) in [4.78, 5) is 29.0. The van der Waals surface area contributed by atoms with E-state index in [1.165, 1.54) is 13.3 Å². The summed E-state index contributed by atoms with van der Waals surface area (Å²) in [6.07, 6.45) is 1.43. The fourth-order valence-electron chi connectivity index (χ4n) is 2.20. The maximum Gasteiger partial charge on any atom is 0.325 e. The van der Waals surface area contributed by atoms with E-state index in [4.69, 9.17) is 5.11 Å². The highest BCUT2D eigenvalue weighted by Crippen LogP contribution is 2.32. The summed E-state index contributed by atoms with van der Waals surface area (Å²) in [5.74, 6) is -0.828. The lowest BCUT2D eigenvalue weighted by Crippen LogP contribution is -2.43. The van der Waals surface area contributed by atoms with Crippen molar-refractivity contribution in [3.05, 3.63) is 17.6 Å². The van der Waals surface area contributed by atoms with Gasteiger partial charge >= 0.3 is 5.97 Å². The van der Waals surface area contributed by atoms with E-state index in [1.807, 2.05) is 6.92 Å². The first-order chi connectivity index (χ1) is 9.34. The van der Waals surface area contributed by atoms with Crippen LogP contribution < -0.4 is 10.2 Å². The first kappa shape index (κ1) is 14.0. The second kappa shape index (κ2) is 4.95. The monoisotopic (exact) mass is 279 g/mol. The van der Waals surface area contributed by atoms with Crippen molar-refractivity contribution in [1.82, 2.24) is 20.1 Å². The molecule has 20 heavy (non-hydrogen) atoms. The number of hydrogen-bond acceptors (Lipinski definition) is 5. The van der Waals surface area contributed by atoms with Crippen LogP contribution in [0.5, 0.6) is 0 Å². The van der Waals surface area contributed by atoms with Crippen molar-refractivity contribution in [3.63, 3.8) is 0 Å². The normalized spacial score (nSPS) is 19.6. The number of carbonyl (C=O) groups is 2. The molecule has 2 rings (SSSR count). The molecule has 0 aliphatic carbocycles. The third-order valence-corrected chi connectivity index (χ3v) is 3.49. The molecule has 2 atom stereocenters. The van der Waals surface area contributed by atoms with Crippen molar-refractivity contribution >= 4 is 17.8 Å². The number of carbonyl (C=O) groups excluding carboxylic acids is 1. The molecule has 2 unspecified atom stereocenters. The Morgan fingerprint density at radius 3 is 2.75 bits per heavy atom. The minimum Gasteiger partial charge on any atom is -0.480 e. The number of aromatic nitrogens is 3. The Labute approximate surface area is 116 Å². The molecule has 8 nitrogen and oxygen atoms in total. The molecule has 1 amide bonds. The molecule has 0 saturated carbocycles. The van der Waals surface area contributed by atoms with Crippen molar-refractivity contribution in [1.29, 1.82) is 0 Å². The lowest BCUT2D eigenvalue weighted by molar-refractivity contribution is -0.140. The molecule has 0 radical (unpaired) electrons. The maximum atomic E-state index is 12.3. The first-order valence-electron chi connectivity index (χ1n) is 6.22. The quantitative estimate of drug-likeness (QED) is 0.817. The van der Waals surface area contributed by atoms with Crippen molar-refractivity contribution in [3.8, 4) is 0 Å². The third kappa shape index (κ3) is 2.13. The van der Waals surface area contributed by atoms with Crippen LogP contribution in [0.1, 0.15) is 26.8 Å². The van der Waals surface area contributed by atoms with Crippen LogP contribution >= 0.6 is 0 Å². The van der Waals surface area contributed by atoms with Gasteiger partial charge in [0.25, 0.3) is 5.91 Å². The Kier molecular flexibility index (Phi) is 3.47. The molecular weight excluding hydrogens is 262 g/mol. The summed E-state index contributed by atoms with van der Waals surface area (Å²) in [6.45, 7) is 5.05. The Bertz CT molecular complexity index is 592. The number of nitrogens with one attached hydrogen (secondary N) is 1. The van der Waals surface area contributed by atoms with Gasteiger partial charge in [0, 0.05) is 12.7 Å². The molecule has 0 aromatic carbocycles. The summed E-state index contributed by atoms with van der Waals surface area (Å²) in [5, 5.41) is 15.4. The van der Waals surface area contributed by atoms with Crippen LogP contribution in [-0.4, -0.2) is 44.8 Å². The van der Waals surface area contributed by atoms with E-state index >= 15 is 0 Å². The molecule has 108 valence electrons. The van der Waals surface area contributed by atoms with Gasteiger partial charge in [0.05, 0.1) is 11.6 Å². The van der Waals surface area contributed by atoms with Crippen LogP contribution in [0.4, 0.5) is 5.95 Å². The van der Waals surface area contributed by atoms with E-state index in [2.05, 4.69) is 15.4 Å². The number of anilines is 1. The maximum absolute atomic E-state index is 12.3. The first-order valence-corrected chi connectivity index (χ1v) is 6.22. The number of allylic oxidation sites excluding steroid dienone is 1. The number of amides is 1. The van der Waals surface area contributed by atoms with Crippen LogP contribution in [-0.2, 0) is 9.59 Å². The van der Waals surface area contributed by atoms with Gasteiger partial charge < -0.3 is 15.3 Å². The van der Waals surface area contributed by atoms with Gasteiger partial charge in [0.15, 0.2) is 0 Å². The Morgan fingerprint density at radius 1 is 1.50 bits per heavy atom. The zero-order valence-corrected chi connectivity index (χ0v) is 11.8. The second-order valence-electron chi connectivity index (χ2n) is 4.77. The number of nitrogens with zero attached hydrogens (tertiary/aromatic N) is 4. The smallest absolute Gasteiger partial charge is 0.325 e. The van der Waals surface area contributed by atoms with Gasteiger partial charge in [-0.25, -0.2) is 4.68 Å². The van der Waals surface area contributed by atoms with Crippen molar-refractivity contribution < 1.29 is 14.7 Å². The molecule has 0 spiro atoms. The van der Waals surface area contributed by atoms with Crippen LogP contribution in [0.15, 0.2) is 17.6 Å². The van der Waals surface area contributed by atoms with Crippen LogP contribution in [0.3, 0.4) is 0 Å². The molecule has 1 aromatic heterocycles. The SMILES string of the molecule is CC1=C(C(=O)NC(C)C(=O)O)C(C)n2ncnc2N1C. The highest BCUT2D eigenvalue weighted by Gasteiger charge is 2.32. The van der Waals surface area contributed by atoms with Gasteiger partial charge in [0.1, 0.15) is 12.4 Å². The molecule has 2 heterocycles. The van der Waals surface area contributed by atoms with E-state index in [-0.39, 0.29) is 6.04 Å². The number of carboxylic acids is 1. The number of fused-ring (bicyclic) bond motifs is 1. The third-order valence-electron chi connectivity index (χ3n) is 3.49. The van der Waals surface area contributed by atoms with Gasteiger partial charge in [-0.05, 0) is 20.8 Å². The van der Waals surface area contributed by atoms with Crippen molar-refractivity contribution in [2.45, 2.75) is 32.9 Å². The lowest BCUT2D eigenvalue weighted by atomic mass is 10.0. The summed E-state index contributed by atoms with van der Waals surface area (Å²) in [7, 11) is 1.79. The molecular formula is C12H17N5O3. The Morgan fingerprint density at radius 2 is 2.15 bits per heavy atom.